The SMILES string of the molecule is CN(C)/C=C1/CCn2nc(-c3ccccc3)cc2C1=O. The number of carbonyl (C=O) groups is 1. The number of nitrogens with zero attached hydrogens (tertiary/aromatic N) is 3. The first-order valence-electron chi connectivity index (χ1n) is 6.70. The van der Waals surface area contributed by atoms with Crippen LogP contribution in [0.5, 0.6) is 0 Å². The first-order chi connectivity index (χ1) is 9.65. The Labute approximate surface area is 118 Å². The maximum Gasteiger partial charge on any atom is 0.208 e. The highest BCUT2D eigenvalue weighted by Gasteiger charge is 2.24. The van der Waals surface area contributed by atoms with Crippen molar-refractivity contribution in [3.05, 3.63) is 53.9 Å². The Morgan fingerprint density at radius 2 is 2.00 bits per heavy atom. The highest BCUT2D eigenvalue weighted by Crippen LogP contribution is 2.25. The van der Waals surface area contributed by atoms with Crippen LogP contribution < -0.4 is 0 Å². The van der Waals surface area contributed by atoms with Gasteiger partial charge >= 0.3 is 0 Å². The van der Waals surface area contributed by atoms with Gasteiger partial charge in [0.2, 0.25) is 5.78 Å². The molecule has 2 heterocycles. The largest absolute Gasteiger partial charge is 0.383 e. The van der Waals surface area contributed by atoms with Crippen LogP contribution in [-0.4, -0.2) is 34.6 Å². The summed E-state index contributed by atoms with van der Waals surface area (Å²) in [7, 11) is 3.86. The van der Waals surface area contributed by atoms with Gasteiger partial charge in [-0.2, -0.15) is 5.10 Å². The lowest BCUT2D eigenvalue weighted by atomic mass is 10.0. The third-order valence-electron chi connectivity index (χ3n) is 3.38. The summed E-state index contributed by atoms with van der Waals surface area (Å²) in [6, 6.07) is 11.8. The monoisotopic (exact) mass is 267 g/mol. The molecular formula is C16H17N3O. The van der Waals surface area contributed by atoms with Crippen LogP contribution in [0.1, 0.15) is 16.9 Å². The van der Waals surface area contributed by atoms with Gasteiger partial charge < -0.3 is 4.90 Å². The summed E-state index contributed by atoms with van der Waals surface area (Å²) < 4.78 is 1.82. The molecule has 0 spiro atoms. The minimum atomic E-state index is 0.0830. The van der Waals surface area contributed by atoms with Gasteiger partial charge in [-0.25, -0.2) is 0 Å². The Morgan fingerprint density at radius 3 is 2.70 bits per heavy atom. The third kappa shape index (κ3) is 2.25. The minimum absolute atomic E-state index is 0.0830. The van der Waals surface area contributed by atoms with E-state index >= 15 is 0 Å². The van der Waals surface area contributed by atoms with Crippen molar-refractivity contribution in [2.24, 2.45) is 0 Å². The van der Waals surface area contributed by atoms with Crippen molar-refractivity contribution in [2.45, 2.75) is 13.0 Å². The fourth-order valence-corrected chi connectivity index (χ4v) is 2.46. The number of benzene rings is 1. The van der Waals surface area contributed by atoms with Crippen LogP contribution in [0.2, 0.25) is 0 Å². The zero-order valence-corrected chi connectivity index (χ0v) is 11.7. The molecule has 20 heavy (non-hydrogen) atoms. The van der Waals surface area contributed by atoms with Gasteiger partial charge in [-0.1, -0.05) is 30.3 Å². The van der Waals surface area contributed by atoms with E-state index in [0.29, 0.717) is 5.69 Å². The van der Waals surface area contributed by atoms with E-state index in [1.165, 1.54) is 0 Å². The molecule has 2 aromatic rings. The van der Waals surface area contributed by atoms with Gasteiger partial charge in [0, 0.05) is 38.0 Å². The molecule has 0 radical (unpaired) electrons. The fourth-order valence-electron chi connectivity index (χ4n) is 2.46. The lowest BCUT2D eigenvalue weighted by Crippen LogP contribution is -2.21. The van der Waals surface area contributed by atoms with Gasteiger partial charge in [0.1, 0.15) is 5.69 Å². The number of carbonyl (C=O) groups excluding carboxylic acids is 1. The first-order valence-corrected chi connectivity index (χ1v) is 6.70. The van der Waals surface area contributed by atoms with Crippen molar-refractivity contribution in [1.82, 2.24) is 14.7 Å². The van der Waals surface area contributed by atoms with Gasteiger partial charge in [0.15, 0.2) is 0 Å². The molecule has 4 nitrogen and oxygen atoms in total. The van der Waals surface area contributed by atoms with Crippen molar-refractivity contribution in [3.8, 4) is 11.3 Å². The first kappa shape index (κ1) is 12.7. The van der Waals surface area contributed by atoms with Crippen molar-refractivity contribution < 1.29 is 4.79 Å². The predicted octanol–water partition coefficient (Wildman–Crippen LogP) is 2.58. The van der Waals surface area contributed by atoms with E-state index in [1.807, 2.05) is 66.3 Å². The Kier molecular flexibility index (Phi) is 3.14. The summed E-state index contributed by atoms with van der Waals surface area (Å²) >= 11 is 0. The number of hydrogen-bond donors (Lipinski definition) is 0. The zero-order chi connectivity index (χ0) is 14.1. The summed E-state index contributed by atoms with van der Waals surface area (Å²) in [6.07, 6.45) is 2.64. The van der Waals surface area contributed by atoms with Crippen LogP contribution in [0.25, 0.3) is 11.3 Å². The predicted molar refractivity (Wildman–Crippen MR) is 78.4 cm³/mol. The lowest BCUT2D eigenvalue weighted by Gasteiger charge is -2.17. The molecule has 1 aliphatic rings. The molecule has 0 saturated heterocycles. The Hall–Kier alpha value is -2.36. The quantitative estimate of drug-likeness (QED) is 0.785. The second-order valence-corrected chi connectivity index (χ2v) is 5.20. The number of fused-ring (bicyclic) bond motifs is 1. The van der Waals surface area contributed by atoms with Gasteiger partial charge in [-0.15, -0.1) is 0 Å². The molecule has 102 valence electrons. The van der Waals surface area contributed by atoms with Crippen molar-refractivity contribution in [2.75, 3.05) is 14.1 Å². The number of ketones is 1. The molecule has 0 N–H and O–H groups in total. The molecule has 0 atom stereocenters. The number of aryl methyl sites for hydroxylation is 1. The number of hydrogen-bond acceptors (Lipinski definition) is 3. The maximum absolute atomic E-state index is 12.4. The summed E-state index contributed by atoms with van der Waals surface area (Å²) in [6.45, 7) is 0.758. The molecular weight excluding hydrogens is 250 g/mol. The number of Topliss-reactive ketones (excluding diaryl/α,β-unsaturated/α-hetero) is 1. The van der Waals surface area contributed by atoms with Crippen LogP contribution in [0.3, 0.4) is 0 Å². The molecule has 0 aliphatic carbocycles. The highest BCUT2D eigenvalue weighted by atomic mass is 16.1. The average molecular weight is 267 g/mol. The zero-order valence-electron chi connectivity index (χ0n) is 11.7. The lowest BCUT2D eigenvalue weighted by molar-refractivity contribution is 0.100. The van der Waals surface area contributed by atoms with Crippen molar-refractivity contribution in [1.29, 1.82) is 0 Å². The van der Waals surface area contributed by atoms with Crippen molar-refractivity contribution >= 4 is 5.78 Å². The summed E-state index contributed by atoms with van der Waals surface area (Å²) in [4.78, 5) is 14.4. The van der Waals surface area contributed by atoms with E-state index in [4.69, 9.17) is 0 Å². The highest BCUT2D eigenvalue weighted by molar-refractivity contribution is 6.08. The molecule has 0 unspecified atom stereocenters. The molecule has 1 aliphatic heterocycles. The van der Waals surface area contributed by atoms with E-state index in [1.54, 1.807) is 0 Å². The van der Waals surface area contributed by atoms with E-state index in [9.17, 15) is 4.79 Å². The Bertz CT molecular complexity index is 668. The van der Waals surface area contributed by atoms with Gasteiger partial charge in [0.05, 0.1) is 5.69 Å². The number of rotatable bonds is 2. The minimum Gasteiger partial charge on any atom is -0.383 e. The van der Waals surface area contributed by atoms with Crippen LogP contribution in [0.4, 0.5) is 0 Å². The molecule has 3 rings (SSSR count). The van der Waals surface area contributed by atoms with Gasteiger partial charge in [-0.3, -0.25) is 9.48 Å². The molecule has 0 bridgehead atoms. The fraction of sp³-hybridized carbons (Fsp3) is 0.250. The number of allylic oxidation sites excluding steroid dienone is 1. The topological polar surface area (TPSA) is 38.1 Å². The second-order valence-electron chi connectivity index (χ2n) is 5.20. The third-order valence-corrected chi connectivity index (χ3v) is 3.38. The molecule has 1 aromatic carbocycles. The second kappa shape index (κ2) is 4.96. The van der Waals surface area contributed by atoms with Crippen LogP contribution in [0.15, 0.2) is 48.2 Å². The van der Waals surface area contributed by atoms with Crippen molar-refractivity contribution in [3.63, 3.8) is 0 Å². The summed E-state index contributed by atoms with van der Waals surface area (Å²) in [5, 5.41) is 4.54. The van der Waals surface area contributed by atoms with Crippen LogP contribution in [0, 0.1) is 0 Å². The smallest absolute Gasteiger partial charge is 0.208 e. The molecule has 4 heteroatoms. The molecule has 1 aromatic heterocycles. The average Bonchev–Trinajstić information content (AvgIpc) is 2.87. The van der Waals surface area contributed by atoms with Gasteiger partial charge in [0.25, 0.3) is 0 Å². The van der Waals surface area contributed by atoms with E-state index in [2.05, 4.69) is 5.10 Å². The van der Waals surface area contributed by atoms with E-state index in [0.717, 1.165) is 29.8 Å². The maximum atomic E-state index is 12.4. The number of aromatic nitrogens is 2. The van der Waals surface area contributed by atoms with E-state index in [-0.39, 0.29) is 5.78 Å². The summed E-state index contributed by atoms with van der Waals surface area (Å²) in [5.74, 6) is 0.0830. The normalized spacial score (nSPS) is 16.3. The van der Waals surface area contributed by atoms with Gasteiger partial charge in [-0.05, 0) is 12.5 Å². The molecule has 0 amide bonds. The van der Waals surface area contributed by atoms with E-state index < -0.39 is 0 Å². The molecule has 0 fully saturated rings. The van der Waals surface area contributed by atoms with Crippen LogP contribution >= 0.6 is 0 Å². The van der Waals surface area contributed by atoms with Crippen LogP contribution in [-0.2, 0) is 6.54 Å². The summed E-state index contributed by atoms with van der Waals surface area (Å²) in [5.41, 5.74) is 3.44. The Morgan fingerprint density at radius 1 is 1.25 bits per heavy atom. The Balaban J connectivity index is 1.99. The standard InChI is InChI=1S/C16H17N3O/c1-18(2)11-13-8-9-19-15(16(13)20)10-14(17-19)12-6-4-3-5-7-12/h3-7,10-11H,8-9H2,1-2H3/b13-11-. The molecule has 0 saturated carbocycles.